The van der Waals surface area contributed by atoms with Gasteiger partial charge in [0.25, 0.3) is 0 Å². The van der Waals surface area contributed by atoms with Crippen molar-refractivity contribution in [1.82, 2.24) is 20.2 Å². The maximum absolute atomic E-state index is 13.5. The van der Waals surface area contributed by atoms with E-state index in [0.29, 0.717) is 28.2 Å². The molecule has 0 aliphatic carbocycles. The summed E-state index contributed by atoms with van der Waals surface area (Å²) >= 11 is 0. The zero-order chi connectivity index (χ0) is 19.7. The molecule has 0 amide bonds. The van der Waals surface area contributed by atoms with E-state index < -0.39 is 10.0 Å². The number of sulfonamides is 1. The third-order valence-corrected chi connectivity index (χ3v) is 4.76. The van der Waals surface area contributed by atoms with Crippen molar-refractivity contribution in [3.8, 4) is 0 Å². The molecule has 0 atom stereocenters. The second kappa shape index (κ2) is 7.99. The molecule has 0 spiro atoms. The first-order chi connectivity index (χ1) is 13.4. The monoisotopic (exact) mass is 435 g/mol. The molecule has 2 heterocycles. The minimum Gasteiger partial charge on any atom is -0.324 e. The molecule has 29 heavy (non-hydrogen) atoms. The lowest BCUT2D eigenvalue weighted by Crippen LogP contribution is -2.12. The summed E-state index contributed by atoms with van der Waals surface area (Å²) in [6.45, 7) is 0. The average molecular weight is 436 g/mol. The van der Waals surface area contributed by atoms with Gasteiger partial charge in [0, 0.05) is 17.3 Å². The van der Waals surface area contributed by atoms with Gasteiger partial charge >= 0.3 is 0 Å². The number of nitrogens with two attached hydrogens (primary N) is 1. The highest BCUT2D eigenvalue weighted by Gasteiger charge is 2.10. The molecule has 0 unspecified atom stereocenters. The van der Waals surface area contributed by atoms with Gasteiger partial charge in [-0.05, 0) is 42.5 Å². The van der Waals surface area contributed by atoms with Gasteiger partial charge in [-0.1, -0.05) is 6.07 Å². The number of halogens is 2. The molecule has 4 aromatic rings. The first-order valence-corrected chi connectivity index (χ1v) is 9.57. The van der Waals surface area contributed by atoms with Crippen LogP contribution in [0.5, 0.6) is 0 Å². The van der Waals surface area contributed by atoms with E-state index in [1.165, 1.54) is 30.5 Å². The Hall–Kier alpha value is -3.28. The zero-order valence-corrected chi connectivity index (χ0v) is 16.3. The van der Waals surface area contributed by atoms with E-state index in [9.17, 15) is 12.8 Å². The molecule has 5 N–H and O–H groups in total. The van der Waals surface area contributed by atoms with Crippen molar-refractivity contribution in [1.29, 1.82) is 0 Å². The van der Waals surface area contributed by atoms with Gasteiger partial charge in [0.05, 0.1) is 10.4 Å². The Morgan fingerprint density at radius 1 is 1.07 bits per heavy atom. The standard InChI is InChI=1S/C17H14FN7O2S.ClH/c18-10-4-5-14-13(8-10)16(25-24-14)22-15-6-7-20-17(23-15)21-11-2-1-3-12(9-11)28(19,26)27;/h1-9H,(H2,19,26,27)(H3,20,21,22,23,24,25);1H. The van der Waals surface area contributed by atoms with Crippen LogP contribution in [0, 0.1) is 5.82 Å². The smallest absolute Gasteiger partial charge is 0.238 e. The molecule has 0 bridgehead atoms. The van der Waals surface area contributed by atoms with Gasteiger partial charge in [-0.3, -0.25) is 5.10 Å². The Labute approximate surface area is 171 Å². The second-order valence-corrected chi connectivity index (χ2v) is 7.41. The number of rotatable bonds is 5. The molecule has 150 valence electrons. The largest absolute Gasteiger partial charge is 0.324 e. The highest BCUT2D eigenvalue weighted by molar-refractivity contribution is 7.89. The summed E-state index contributed by atoms with van der Waals surface area (Å²) in [5, 5.41) is 18.6. The summed E-state index contributed by atoms with van der Waals surface area (Å²) in [7, 11) is -3.82. The van der Waals surface area contributed by atoms with E-state index in [2.05, 4.69) is 30.8 Å². The maximum atomic E-state index is 13.5. The highest BCUT2D eigenvalue weighted by atomic mass is 35.5. The number of primary sulfonamides is 1. The summed E-state index contributed by atoms with van der Waals surface area (Å²) in [5.74, 6) is 0.674. The summed E-state index contributed by atoms with van der Waals surface area (Å²) in [6, 6.07) is 11.9. The number of hydrogen-bond acceptors (Lipinski definition) is 7. The first kappa shape index (κ1) is 20.5. The van der Waals surface area contributed by atoms with Gasteiger partial charge in [-0.25, -0.2) is 22.9 Å². The van der Waals surface area contributed by atoms with Crippen LogP contribution in [-0.2, 0) is 10.0 Å². The second-order valence-electron chi connectivity index (χ2n) is 5.85. The maximum Gasteiger partial charge on any atom is 0.238 e. The molecule has 2 aromatic carbocycles. The Morgan fingerprint density at radius 3 is 2.69 bits per heavy atom. The molecule has 0 saturated heterocycles. The van der Waals surface area contributed by atoms with Gasteiger partial charge in [0.15, 0.2) is 5.82 Å². The number of benzene rings is 2. The number of fused-ring (bicyclic) bond motifs is 1. The van der Waals surface area contributed by atoms with Gasteiger partial charge in [0.1, 0.15) is 11.6 Å². The Morgan fingerprint density at radius 2 is 1.90 bits per heavy atom. The highest BCUT2D eigenvalue weighted by Crippen LogP contribution is 2.24. The summed E-state index contributed by atoms with van der Waals surface area (Å²) in [5.41, 5.74) is 1.13. The molecular formula is C17H15ClFN7O2S. The number of hydrogen-bond donors (Lipinski definition) is 4. The third kappa shape index (κ3) is 4.59. The van der Waals surface area contributed by atoms with Crippen LogP contribution in [0.15, 0.2) is 59.6 Å². The number of aromatic amines is 1. The van der Waals surface area contributed by atoms with Crippen molar-refractivity contribution in [2.45, 2.75) is 4.90 Å². The molecule has 0 aliphatic heterocycles. The lowest BCUT2D eigenvalue weighted by molar-refractivity contribution is 0.598. The van der Waals surface area contributed by atoms with E-state index in [0.717, 1.165) is 0 Å². The molecule has 4 rings (SSSR count). The van der Waals surface area contributed by atoms with Crippen molar-refractivity contribution in [2.24, 2.45) is 5.14 Å². The lowest BCUT2D eigenvalue weighted by Gasteiger charge is -2.08. The number of nitrogens with zero attached hydrogens (tertiary/aromatic N) is 3. The number of aromatic nitrogens is 4. The number of H-pyrrole nitrogens is 1. The van der Waals surface area contributed by atoms with Crippen LogP contribution in [-0.4, -0.2) is 28.6 Å². The topological polar surface area (TPSA) is 139 Å². The van der Waals surface area contributed by atoms with Crippen molar-refractivity contribution in [3.05, 3.63) is 60.5 Å². The Bertz CT molecular complexity index is 1280. The van der Waals surface area contributed by atoms with Crippen LogP contribution in [0.4, 0.5) is 27.7 Å². The Kier molecular flexibility index (Phi) is 5.64. The van der Waals surface area contributed by atoms with Crippen LogP contribution in [0.1, 0.15) is 0 Å². The fraction of sp³-hybridized carbons (Fsp3) is 0. The van der Waals surface area contributed by atoms with E-state index in [1.54, 1.807) is 24.3 Å². The van der Waals surface area contributed by atoms with Crippen LogP contribution >= 0.6 is 12.4 Å². The predicted molar refractivity (Wildman–Crippen MR) is 110 cm³/mol. The molecule has 12 heteroatoms. The molecular weight excluding hydrogens is 421 g/mol. The fourth-order valence-electron chi connectivity index (χ4n) is 2.57. The summed E-state index contributed by atoms with van der Waals surface area (Å²) in [6.07, 6.45) is 1.51. The Balaban J connectivity index is 0.00000240. The summed E-state index contributed by atoms with van der Waals surface area (Å²) in [4.78, 5) is 8.37. The molecule has 0 fully saturated rings. The minimum absolute atomic E-state index is 0. The van der Waals surface area contributed by atoms with Gasteiger partial charge in [0.2, 0.25) is 16.0 Å². The first-order valence-electron chi connectivity index (χ1n) is 8.02. The van der Waals surface area contributed by atoms with Crippen LogP contribution < -0.4 is 15.8 Å². The van der Waals surface area contributed by atoms with Crippen molar-refractivity contribution < 1.29 is 12.8 Å². The van der Waals surface area contributed by atoms with Crippen LogP contribution in [0.2, 0.25) is 0 Å². The van der Waals surface area contributed by atoms with Crippen molar-refractivity contribution in [2.75, 3.05) is 10.6 Å². The molecule has 9 nitrogen and oxygen atoms in total. The molecule has 2 aromatic heterocycles. The molecule has 0 saturated carbocycles. The van der Waals surface area contributed by atoms with E-state index in [1.807, 2.05) is 0 Å². The quantitative estimate of drug-likeness (QED) is 0.377. The minimum atomic E-state index is -3.82. The molecule has 0 radical (unpaired) electrons. The van der Waals surface area contributed by atoms with Crippen LogP contribution in [0.25, 0.3) is 10.9 Å². The fourth-order valence-corrected chi connectivity index (χ4v) is 3.13. The SMILES string of the molecule is Cl.NS(=O)(=O)c1cccc(Nc2nccc(Nc3n[nH]c4ccc(F)cc34)n2)c1. The van der Waals surface area contributed by atoms with E-state index in [-0.39, 0.29) is 29.1 Å². The van der Waals surface area contributed by atoms with Crippen molar-refractivity contribution in [3.63, 3.8) is 0 Å². The number of anilines is 4. The predicted octanol–water partition coefficient (Wildman–Crippen LogP) is 3.05. The van der Waals surface area contributed by atoms with Crippen LogP contribution in [0.3, 0.4) is 0 Å². The van der Waals surface area contributed by atoms with E-state index in [4.69, 9.17) is 5.14 Å². The van der Waals surface area contributed by atoms with E-state index >= 15 is 0 Å². The van der Waals surface area contributed by atoms with Crippen molar-refractivity contribution >= 4 is 56.6 Å². The number of nitrogens with one attached hydrogen (secondary N) is 3. The molecule has 0 aliphatic rings. The third-order valence-electron chi connectivity index (χ3n) is 3.85. The van der Waals surface area contributed by atoms with Gasteiger partial charge in [-0.2, -0.15) is 10.1 Å². The summed E-state index contributed by atoms with van der Waals surface area (Å²) < 4.78 is 36.4. The average Bonchev–Trinajstić information content (AvgIpc) is 3.03. The zero-order valence-electron chi connectivity index (χ0n) is 14.6. The van der Waals surface area contributed by atoms with Gasteiger partial charge < -0.3 is 10.6 Å². The lowest BCUT2D eigenvalue weighted by atomic mass is 10.2. The normalized spacial score (nSPS) is 11.1. The van der Waals surface area contributed by atoms with Gasteiger partial charge in [-0.15, -0.1) is 12.4 Å².